The number of hydrogen-bond acceptors (Lipinski definition) is 0. The highest BCUT2D eigenvalue weighted by atomic mass is 14.2. The first-order valence-corrected chi connectivity index (χ1v) is 5.38. The van der Waals surface area contributed by atoms with Gasteiger partial charge in [-0.2, -0.15) is 0 Å². The Bertz CT molecular complexity index is 74.0. The molecule has 0 aliphatic rings. The molecular formula is C12H24. The Balaban J connectivity index is 3.84. The molecule has 0 aromatic carbocycles. The van der Waals surface area contributed by atoms with Crippen molar-refractivity contribution in [3.05, 3.63) is 13.8 Å². The van der Waals surface area contributed by atoms with Gasteiger partial charge in [-0.05, 0) is 11.8 Å². The van der Waals surface area contributed by atoms with E-state index >= 15 is 0 Å². The molecule has 0 heterocycles. The maximum absolute atomic E-state index is 4.03. The summed E-state index contributed by atoms with van der Waals surface area (Å²) >= 11 is 0. The van der Waals surface area contributed by atoms with Gasteiger partial charge in [0.25, 0.3) is 0 Å². The van der Waals surface area contributed by atoms with Crippen molar-refractivity contribution < 1.29 is 0 Å². The van der Waals surface area contributed by atoms with Crippen LogP contribution in [-0.4, -0.2) is 0 Å². The molecule has 12 heavy (non-hydrogen) atoms. The Morgan fingerprint density at radius 1 is 0.833 bits per heavy atom. The van der Waals surface area contributed by atoms with Crippen molar-refractivity contribution in [3.8, 4) is 0 Å². The lowest BCUT2D eigenvalue weighted by Crippen LogP contribution is -2.13. The summed E-state index contributed by atoms with van der Waals surface area (Å²) in [4.78, 5) is 0. The smallest absolute Gasteiger partial charge is 0.0386 e. The Morgan fingerprint density at radius 3 is 1.33 bits per heavy atom. The van der Waals surface area contributed by atoms with E-state index in [1.165, 1.54) is 25.7 Å². The normalized spacial score (nSPS) is 16.0. The van der Waals surface area contributed by atoms with E-state index in [4.69, 9.17) is 0 Å². The van der Waals surface area contributed by atoms with Crippen LogP contribution in [-0.2, 0) is 0 Å². The molecule has 2 unspecified atom stereocenters. The Kier molecular flexibility index (Phi) is 7.64. The highest BCUT2D eigenvalue weighted by Gasteiger charge is 2.15. The van der Waals surface area contributed by atoms with Crippen LogP contribution in [0.2, 0.25) is 0 Å². The van der Waals surface area contributed by atoms with Gasteiger partial charge >= 0.3 is 0 Å². The standard InChI is InChI=1S/C12H24/c1-5-9-11(7-3)12(8-4)10-6-2/h11-12H,3-10H2,1-2H3. The van der Waals surface area contributed by atoms with Crippen LogP contribution in [0.3, 0.4) is 0 Å². The van der Waals surface area contributed by atoms with Crippen LogP contribution in [0.4, 0.5) is 0 Å². The van der Waals surface area contributed by atoms with Gasteiger partial charge in [0.2, 0.25) is 0 Å². The van der Waals surface area contributed by atoms with E-state index in [2.05, 4.69) is 27.7 Å². The number of rotatable bonds is 7. The van der Waals surface area contributed by atoms with Gasteiger partial charge in [0.1, 0.15) is 0 Å². The van der Waals surface area contributed by atoms with E-state index < -0.39 is 0 Å². The van der Waals surface area contributed by atoms with Crippen molar-refractivity contribution in [2.45, 2.75) is 52.4 Å². The number of hydrogen-bond donors (Lipinski definition) is 0. The minimum absolute atomic E-state index is 0.826. The zero-order chi connectivity index (χ0) is 9.40. The van der Waals surface area contributed by atoms with Crippen molar-refractivity contribution in [1.29, 1.82) is 0 Å². The van der Waals surface area contributed by atoms with Crippen LogP contribution in [0.5, 0.6) is 0 Å². The summed E-state index contributed by atoms with van der Waals surface area (Å²) in [6.45, 7) is 12.6. The minimum Gasteiger partial charge on any atom is -0.0654 e. The van der Waals surface area contributed by atoms with E-state index in [1.807, 2.05) is 0 Å². The third-order valence-corrected chi connectivity index (χ3v) is 2.73. The summed E-state index contributed by atoms with van der Waals surface area (Å²) in [5.74, 6) is 1.65. The van der Waals surface area contributed by atoms with Gasteiger partial charge in [-0.1, -0.05) is 66.2 Å². The van der Waals surface area contributed by atoms with Crippen molar-refractivity contribution in [3.63, 3.8) is 0 Å². The predicted molar refractivity (Wildman–Crippen MR) is 56.7 cm³/mol. The third kappa shape index (κ3) is 4.13. The second-order valence-electron chi connectivity index (χ2n) is 3.67. The van der Waals surface area contributed by atoms with Gasteiger partial charge in [-0.15, -0.1) is 0 Å². The zero-order valence-electron chi connectivity index (χ0n) is 8.81. The lowest BCUT2D eigenvalue weighted by atomic mass is 9.82. The van der Waals surface area contributed by atoms with E-state index in [9.17, 15) is 0 Å². The Labute approximate surface area is 78.8 Å². The molecule has 0 bridgehead atoms. The van der Waals surface area contributed by atoms with E-state index in [0.29, 0.717) is 0 Å². The molecule has 0 aliphatic carbocycles. The van der Waals surface area contributed by atoms with Crippen LogP contribution < -0.4 is 0 Å². The molecule has 0 fully saturated rings. The summed E-state index contributed by atoms with van der Waals surface area (Å²) in [6, 6.07) is 0. The summed E-state index contributed by atoms with van der Waals surface area (Å²) in [5.41, 5.74) is 0. The van der Waals surface area contributed by atoms with Gasteiger partial charge in [0, 0.05) is 0 Å². The SMILES string of the molecule is [CH2]CC(CCC)C(C[CH2])CCC. The molecule has 0 amide bonds. The lowest BCUT2D eigenvalue weighted by Gasteiger charge is -2.24. The third-order valence-electron chi connectivity index (χ3n) is 2.73. The molecule has 72 valence electrons. The Morgan fingerprint density at radius 2 is 1.17 bits per heavy atom. The van der Waals surface area contributed by atoms with Crippen LogP contribution in [0.15, 0.2) is 0 Å². The van der Waals surface area contributed by atoms with Crippen molar-refractivity contribution in [1.82, 2.24) is 0 Å². The van der Waals surface area contributed by atoms with E-state index in [-0.39, 0.29) is 0 Å². The fraction of sp³-hybridized carbons (Fsp3) is 0.833. The summed E-state index contributed by atoms with van der Waals surface area (Å²) in [6.07, 6.45) is 7.44. The quantitative estimate of drug-likeness (QED) is 0.532. The van der Waals surface area contributed by atoms with Crippen LogP contribution in [0.25, 0.3) is 0 Å². The van der Waals surface area contributed by atoms with Gasteiger partial charge in [0.05, 0.1) is 0 Å². The van der Waals surface area contributed by atoms with E-state index in [0.717, 1.165) is 24.7 Å². The largest absolute Gasteiger partial charge is 0.0654 e. The lowest BCUT2D eigenvalue weighted by molar-refractivity contribution is 0.292. The highest BCUT2D eigenvalue weighted by molar-refractivity contribution is 4.71. The molecule has 0 saturated carbocycles. The summed E-state index contributed by atoms with van der Waals surface area (Å²) in [5, 5.41) is 0. The molecule has 0 aromatic heterocycles. The fourth-order valence-electron chi connectivity index (χ4n) is 1.97. The summed E-state index contributed by atoms with van der Waals surface area (Å²) < 4.78 is 0. The molecule has 0 aromatic rings. The van der Waals surface area contributed by atoms with Gasteiger partial charge < -0.3 is 0 Å². The van der Waals surface area contributed by atoms with Crippen molar-refractivity contribution >= 4 is 0 Å². The second kappa shape index (κ2) is 7.64. The molecule has 0 heteroatoms. The van der Waals surface area contributed by atoms with E-state index in [1.54, 1.807) is 0 Å². The second-order valence-corrected chi connectivity index (χ2v) is 3.67. The zero-order valence-corrected chi connectivity index (χ0v) is 8.81. The molecule has 0 rings (SSSR count). The molecule has 0 N–H and O–H groups in total. The predicted octanol–water partition coefficient (Wildman–Crippen LogP) is 4.27. The molecule has 2 atom stereocenters. The van der Waals surface area contributed by atoms with Crippen LogP contribution in [0.1, 0.15) is 52.4 Å². The van der Waals surface area contributed by atoms with Crippen molar-refractivity contribution in [2.24, 2.45) is 11.8 Å². The van der Waals surface area contributed by atoms with Crippen LogP contribution in [0, 0.1) is 25.7 Å². The molecule has 0 aliphatic heterocycles. The highest BCUT2D eigenvalue weighted by Crippen LogP contribution is 2.27. The monoisotopic (exact) mass is 168 g/mol. The maximum atomic E-state index is 4.03. The molecule has 0 saturated heterocycles. The van der Waals surface area contributed by atoms with Gasteiger partial charge in [-0.25, -0.2) is 0 Å². The van der Waals surface area contributed by atoms with Crippen molar-refractivity contribution in [2.75, 3.05) is 0 Å². The fourth-order valence-corrected chi connectivity index (χ4v) is 1.97. The van der Waals surface area contributed by atoms with Gasteiger partial charge in [0.15, 0.2) is 0 Å². The van der Waals surface area contributed by atoms with Crippen LogP contribution >= 0.6 is 0 Å². The molecule has 0 spiro atoms. The first kappa shape index (κ1) is 12.0. The first-order valence-electron chi connectivity index (χ1n) is 5.38. The summed E-state index contributed by atoms with van der Waals surface area (Å²) in [7, 11) is 0. The molecule has 2 radical (unpaired) electrons. The molecular weight excluding hydrogens is 144 g/mol. The Hall–Kier alpha value is 0. The van der Waals surface area contributed by atoms with Gasteiger partial charge in [-0.3, -0.25) is 0 Å². The topological polar surface area (TPSA) is 0 Å². The molecule has 0 nitrogen and oxygen atoms in total. The average Bonchev–Trinajstić information content (AvgIpc) is 2.11. The minimum atomic E-state index is 0.826. The maximum Gasteiger partial charge on any atom is -0.0386 e. The first-order chi connectivity index (χ1) is 5.79. The average molecular weight is 168 g/mol.